The van der Waals surface area contributed by atoms with Crippen LogP contribution in [0.4, 0.5) is 5.82 Å². The molecule has 134 valence electrons. The lowest BCUT2D eigenvalue weighted by Gasteiger charge is -2.42. The van der Waals surface area contributed by atoms with Crippen LogP contribution in [0.5, 0.6) is 5.88 Å². The maximum atomic E-state index is 5.50. The van der Waals surface area contributed by atoms with Crippen molar-refractivity contribution in [2.24, 2.45) is 0 Å². The van der Waals surface area contributed by atoms with E-state index < -0.39 is 0 Å². The standard InChI is InChI=1S/C19H32N4O/c1-5-16-14-15(2)18(20-19(16)24-4)23-8-6-17(7-9-23)22-12-10-21(3)11-13-22/h14,17H,5-13H2,1-4H3. The summed E-state index contributed by atoms with van der Waals surface area (Å²) >= 11 is 0. The first kappa shape index (κ1) is 17.5. The van der Waals surface area contributed by atoms with E-state index in [-0.39, 0.29) is 0 Å². The van der Waals surface area contributed by atoms with E-state index in [1.807, 2.05) is 0 Å². The Morgan fingerprint density at radius 1 is 1.12 bits per heavy atom. The quantitative estimate of drug-likeness (QED) is 0.844. The van der Waals surface area contributed by atoms with Gasteiger partial charge in [-0.15, -0.1) is 0 Å². The largest absolute Gasteiger partial charge is 0.481 e. The van der Waals surface area contributed by atoms with Crippen LogP contribution in [0.1, 0.15) is 30.9 Å². The van der Waals surface area contributed by atoms with E-state index >= 15 is 0 Å². The molecular weight excluding hydrogens is 300 g/mol. The Labute approximate surface area is 146 Å². The summed E-state index contributed by atoms with van der Waals surface area (Å²) in [6.45, 7) is 11.4. The molecule has 0 aromatic carbocycles. The van der Waals surface area contributed by atoms with E-state index in [2.05, 4.69) is 41.7 Å². The van der Waals surface area contributed by atoms with Gasteiger partial charge < -0.3 is 14.5 Å². The zero-order valence-corrected chi connectivity index (χ0v) is 15.7. The molecule has 1 aromatic heterocycles. The predicted molar refractivity (Wildman–Crippen MR) is 99.2 cm³/mol. The lowest BCUT2D eigenvalue weighted by molar-refractivity contribution is 0.0981. The number of likely N-dealkylation sites (N-methyl/N-ethyl adjacent to an activating group) is 1. The van der Waals surface area contributed by atoms with E-state index in [1.54, 1.807) is 7.11 Å². The molecule has 1 aromatic rings. The second kappa shape index (κ2) is 7.70. The van der Waals surface area contributed by atoms with Crippen molar-refractivity contribution >= 4 is 5.82 Å². The zero-order valence-electron chi connectivity index (χ0n) is 15.7. The third-order valence-corrected chi connectivity index (χ3v) is 5.62. The van der Waals surface area contributed by atoms with Crippen molar-refractivity contribution in [2.75, 3.05) is 58.3 Å². The van der Waals surface area contributed by atoms with Crippen molar-refractivity contribution in [1.29, 1.82) is 0 Å². The van der Waals surface area contributed by atoms with Gasteiger partial charge in [0.2, 0.25) is 5.88 Å². The molecule has 2 fully saturated rings. The monoisotopic (exact) mass is 332 g/mol. The fourth-order valence-electron chi connectivity index (χ4n) is 4.02. The van der Waals surface area contributed by atoms with Crippen LogP contribution < -0.4 is 9.64 Å². The summed E-state index contributed by atoms with van der Waals surface area (Å²) in [6, 6.07) is 2.99. The molecule has 0 amide bonds. The SMILES string of the molecule is CCc1cc(C)c(N2CCC(N3CCN(C)CC3)CC2)nc1OC. The van der Waals surface area contributed by atoms with E-state index in [1.165, 1.54) is 50.1 Å². The maximum absolute atomic E-state index is 5.50. The van der Waals surface area contributed by atoms with Gasteiger partial charge in [-0.25, -0.2) is 0 Å². The molecule has 0 radical (unpaired) electrons. The number of methoxy groups -OCH3 is 1. The number of aryl methyl sites for hydroxylation is 2. The fourth-order valence-corrected chi connectivity index (χ4v) is 4.02. The highest BCUT2D eigenvalue weighted by atomic mass is 16.5. The number of piperazine rings is 1. The van der Waals surface area contributed by atoms with Crippen molar-refractivity contribution in [1.82, 2.24) is 14.8 Å². The average molecular weight is 332 g/mol. The number of hydrogen-bond acceptors (Lipinski definition) is 5. The molecule has 0 saturated carbocycles. The first-order chi connectivity index (χ1) is 11.6. The molecule has 24 heavy (non-hydrogen) atoms. The van der Waals surface area contributed by atoms with Gasteiger partial charge in [-0.3, -0.25) is 4.90 Å². The highest BCUT2D eigenvalue weighted by Crippen LogP contribution is 2.29. The first-order valence-electron chi connectivity index (χ1n) is 9.34. The minimum absolute atomic E-state index is 0.743. The van der Waals surface area contributed by atoms with Gasteiger partial charge in [-0.2, -0.15) is 4.98 Å². The van der Waals surface area contributed by atoms with Gasteiger partial charge in [-0.05, 0) is 44.9 Å². The molecule has 2 aliphatic rings. The smallest absolute Gasteiger partial charge is 0.218 e. The summed E-state index contributed by atoms with van der Waals surface area (Å²) < 4.78 is 5.50. The molecule has 5 heteroatoms. The Bertz CT molecular complexity index is 547. The average Bonchev–Trinajstić information content (AvgIpc) is 2.62. The molecule has 5 nitrogen and oxygen atoms in total. The highest BCUT2D eigenvalue weighted by Gasteiger charge is 2.28. The summed E-state index contributed by atoms with van der Waals surface area (Å²) in [5.74, 6) is 1.90. The van der Waals surface area contributed by atoms with Crippen LogP contribution in [-0.4, -0.2) is 74.3 Å². The van der Waals surface area contributed by atoms with Crippen LogP contribution in [0.25, 0.3) is 0 Å². The van der Waals surface area contributed by atoms with Crippen molar-refractivity contribution in [3.8, 4) is 5.88 Å². The molecule has 0 N–H and O–H groups in total. The number of rotatable bonds is 4. The molecule has 3 rings (SSSR count). The Kier molecular flexibility index (Phi) is 5.61. The second-order valence-corrected chi connectivity index (χ2v) is 7.21. The van der Waals surface area contributed by atoms with Crippen molar-refractivity contribution in [2.45, 2.75) is 39.2 Å². The van der Waals surface area contributed by atoms with Gasteiger partial charge in [0.05, 0.1) is 7.11 Å². The van der Waals surface area contributed by atoms with Gasteiger partial charge in [-0.1, -0.05) is 6.92 Å². The molecule has 0 aliphatic carbocycles. The molecule has 3 heterocycles. The summed E-state index contributed by atoms with van der Waals surface area (Å²) in [5, 5.41) is 0. The molecular formula is C19H32N4O. The van der Waals surface area contributed by atoms with Crippen molar-refractivity contribution in [3.05, 3.63) is 17.2 Å². The van der Waals surface area contributed by atoms with Gasteiger partial charge in [0.1, 0.15) is 5.82 Å². The first-order valence-corrected chi connectivity index (χ1v) is 9.34. The Balaban J connectivity index is 1.64. The van der Waals surface area contributed by atoms with Crippen LogP contribution >= 0.6 is 0 Å². The number of anilines is 1. The maximum Gasteiger partial charge on any atom is 0.218 e. The van der Waals surface area contributed by atoms with Crippen LogP contribution in [0.3, 0.4) is 0 Å². The van der Waals surface area contributed by atoms with Crippen molar-refractivity contribution < 1.29 is 4.74 Å². The van der Waals surface area contributed by atoms with Gasteiger partial charge in [0.25, 0.3) is 0 Å². The molecule has 2 aliphatic heterocycles. The van der Waals surface area contributed by atoms with Gasteiger partial charge >= 0.3 is 0 Å². The fraction of sp³-hybridized carbons (Fsp3) is 0.737. The normalized spacial score (nSPS) is 21.2. The lowest BCUT2D eigenvalue weighted by Crippen LogP contribution is -2.52. The topological polar surface area (TPSA) is 31.8 Å². The Morgan fingerprint density at radius 3 is 2.38 bits per heavy atom. The third-order valence-electron chi connectivity index (χ3n) is 5.62. The third kappa shape index (κ3) is 3.67. The second-order valence-electron chi connectivity index (χ2n) is 7.21. The zero-order chi connectivity index (χ0) is 17.1. The molecule has 0 atom stereocenters. The summed E-state index contributed by atoms with van der Waals surface area (Å²) in [5.41, 5.74) is 2.47. The number of pyridine rings is 1. The number of nitrogens with zero attached hydrogens (tertiary/aromatic N) is 4. The van der Waals surface area contributed by atoms with Gasteiger partial charge in [0, 0.05) is 50.9 Å². The van der Waals surface area contributed by atoms with Crippen LogP contribution in [0.2, 0.25) is 0 Å². The number of ether oxygens (including phenoxy) is 1. The van der Waals surface area contributed by atoms with E-state index in [9.17, 15) is 0 Å². The predicted octanol–water partition coefficient (Wildman–Crippen LogP) is 2.18. The Hall–Kier alpha value is -1.33. The minimum Gasteiger partial charge on any atom is -0.481 e. The molecule has 0 bridgehead atoms. The highest BCUT2D eigenvalue weighted by molar-refractivity contribution is 5.51. The number of hydrogen-bond donors (Lipinski definition) is 0. The molecule has 0 spiro atoms. The van der Waals surface area contributed by atoms with E-state index in [0.29, 0.717) is 0 Å². The van der Waals surface area contributed by atoms with E-state index in [0.717, 1.165) is 37.3 Å². The van der Waals surface area contributed by atoms with Gasteiger partial charge in [0.15, 0.2) is 0 Å². The minimum atomic E-state index is 0.743. The van der Waals surface area contributed by atoms with Crippen LogP contribution in [-0.2, 0) is 6.42 Å². The van der Waals surface area contributed by atoms with Crippen molar-refractivity contribution in [3.63, 3.8) is 0 Å². The summed E-state index contributed by atoms with van der Waals surface area (Å²) in [4.78, 5) is 12.4. The number of aromatic nitrogens is 1. The molecule has 2 saturated heterocycles. The van der Waals surface area contributed by atoms with Crippen LogP contribution in [0.15, 0.2) is 6.07 Å². The summed E-state index contributed by atoms with van der Waals surface area (Å²) in [6.07, 6.45) is 3.44. The summed E-state index contributed by atoms with van der Waals surface area (Å²) in [7, 11) is 3.95. The lowest BCUT2D eigenvalue weighted by atomic mass is 10.0. The van der Waals surface area contributed by atoms with E-state index in [4.69, 9.17) is 9.72 Å². The molecule has 0 unspecified atom stereocenters. The number of piperidine rings is 1. The van der Waals surface area contributed by atoms with Crippen LogP contribution in [0, 0.1) is 6.92 Å². The Morgan fingerprint density at radius 2 is 1.79 bits per heavy atom.